The standard InChI is InChI=1S/C13H19NO3S2/c1-18-9-7-11(13(16)17)14-12(15)6-2-4-10-5-3-8-19-10/h3,5,8,11H,2,4,6-7,9H2,1H3,(H,14,15)(H,16,17)/t11-/m0/s1. The van der Waals surface area contributed by atoms with Crippen LogP contribution in [0.5, 0.6) is 0 Å². The van der Waals surface area contributed by atoms with E-state index in [1.807, 2.05) is 23.8 Å². The number of amides is 1. The van der Waals surface area contributed by atoms with Crippen LogP contribution in [0.4, 0.5) is 0 Å². The first-order valence-electron chi connectivity index (χ1n) is 6.17. The number of thiophene rings is 1. The summed E-state index contributed by atoms with van der Waals surface area (Å²) in [5.74, 6) is -0.405. The normalized spacial score (nSPS) is 12.1. The molecule has 0 bridgehead atoms. The van der Waals surface area contributed by atoms with E-state index in [1.54, 1.807) is 23.1 Å². The summed E-state index contributed by atoms with van der Waals surface area (Å²) in [5.41, 5.74) is 0. The fourth-order valence-corrected chi connectivity index (χ4v) is 2.86. The molecule has 0 spiro atoms. The third-order valence-corrected chi connectivity index (χ3v) is 4.23. The summed E-state index contributed by atoms with van der Waals surface area (Å²) in [6, 6.07) is 3.27. The predicted molar refractivity (Wildman–Crippen MR) is 79.8 cm³/mol. The van der Waals surface area contributed by atoms with Gasteiger partial charge in [0, 0.05) is 11.3 Å². The van der Waals surface area contributed by atoms with E-state index in [0.717, 1.165) is 18.6 Å². The number of hydrogen-bond acceptors (Lipinski definition) is 4. The highest BCUT2D eigenvalue weighted by atomic mass is 32.2. The van der Waals surface area contributed by atoms with Crippen molar-refractivity contribution in [2.24, 2.45) is 0 Å². The molecule has 4 nitrogen and oxygen atoms in total. The number of aryl methyl sites for hydroxylation is 1. The molecule has 0 unspecified atom stereocenters. The molecule has 0 aliphatic heterocycles. The monoisotopic (exact) mass is 301 g/mol. The number of aliphatic carboxylic acids is 1. The van der Waals surface area contributed by atoms with Gasteiger partial charge in [-0.3, -0.25) is 4.79 Å². The van der Waals surface area contributed by atoms with Crippen molar-refractivity contribution in [3.05, 3.63) is 22.4 Å². The van der Waals surface area contributed by atoms with E-state index >= 15 is 0 Å². The fourth-order valence-electron chi connectivity index (χ4n) is 1.64. The van der Waals surface area contributed by atoms with Crippen molar-refractivity contribution < 1.29 is 14.7 Å². The molecule has 19 heavy (non-hydrogen) atoms. The van der Waals surface area contributed by atoms with Crippen LogP contribution in [0.1, 0.15) is 24.1 Å². The minimum atomic E-state index is -0.958. The zero-order valence-electron chi connectivity index (χ0n) is 10.9. The molecule has 0 aliphatic carbocycles. The molecule has 0 aromatic carbocycles. The Morgan fingerprint density at radius 1 is 1.53 bits per heavy atom. The number of carboxylic acids is 1. The van der Waals surface area contributed by atoms with Gasteiger partial charge in [0.25, 0.3) is 0 Å². The molecule has 1 aromatic rings. The van der Waals surface area contributed by atoms with Crippen molar-refractivity contribution in [3.63, 3.8) is 0 Å². The Hall–Kier alpha value is -1.01. The Kier molecular flexibility index (Phi) is 7.59. The first-order valence-corrected chi connectivity index (χ1v) is 8.44. The van der Waals surface area contributed by atoms with E-state index in [-0.39, 0.29) is 5.91 Å². The highest BCUT2D eigenvalue weighted by Gasteiger charge is 2.18. The highest BCUT2D eigenvalue weighted by molar-refractivity contribution is 7.98. The van der Waals surface area contributed by atoms with Crippen molar-refractivity contribution in [1.82, 2.24) is 5.32 Å². The molecule has 0 fully saturated rings. The van der Waals surface area contributed by atoms with Gasteiger partial charge in [0.05, 0.1) is 0 Å². The van der Waals surface area contributed by atoms with Gasteiger partial charge in [-0.05, 0) is 42.7 Å². The van der Waals surface area contributed by atoms with E-state index in [9.17, 15) is 9.59 Å². The largest absolute Gasteiger partial charge is 0.480 e. The molecule has 1 atom stereocenters. The van der Waals surface area contributed by atoms with Crippen LogP contribution >= 0.6 is 23.1 Å². The quantitative estimate of drug-likeness (QED) is 0.735. The van der Waals surface area contributed by atoms with Gasteiger partial charge in [-0.15, -0.1) is 11.3 Å². The summed E-state index contributed by atoms with van der Waals surface area (Å²) in [4.78, 5) is 23.9. The minimum absolute atomic E-state index is 0.176. The third-order valence-electron chi connectivity index (χ3n) is 2.65. The number of nitrogens with one attached hydrogen (secondary N) is 1. The van der Waals surface area contributed by atoms with E-state index in [4.69, 9.17) is 5.11 Å². The van der Waals surface area contributed by atoms with Gasteiger partial charge in [-0.25, -0.2) is 4.79 Å². The van der Waals surface area contributed by atoms with Gasteiger partial charge in [0.2, 0.25) is 5.91 Å². The number of thioether (sulfide) groups is 1. The fraction of sp³-hybridized carbons (Fsp3) is 0.538. The lowest BCUT2D eigenvalue weighted by Crippen LogP contribution is -2.41. The third kappa shape index (κ3) is 6.63. The van der Waals surface area contributed by atoms with Crippen molar-refractivity contribution in [3.8, 4) is 0 Å². The van der Waals surface area contributed by atoms with Gasteiger partial charge in [0.1, 0.15) is 6.04 Å². The predicted octanol–water partition coefficient (Wildman–Crippen LogP) is 2.39. The number of carbonyl (C=O) groups excluding carboxylic acids is 1. The Balaban J connectivity index is 2.25. The Morgan fingerprint density at radius 2 is 2.32 bits per heavy atom. The van der Waals surface area contributed by atoms with Crippen molar-refractivity contribution in [2.75, 3.05) is 12.0 Å². The molecule has 0 saturated carbocycles. The average Bonchev–Trinajstić information content (AvgIpc) is 2.87. The van der Waals surface area contributed by atoms with Crippen LogP contribution in [-0.4, -0.2) is 35.0 Å². The molecule has 1 amide bonds. The zero-order valence-corrected chi connectivity index (χ0v) is 12.6. The van der Waals surface area contributed by atoms with E-state index in [2.05, 4.69) is 5.32 Å². The summed E-state index contributed by atoms with van der Waals surface area (Å²) in [5, 5.41) is 13.6. The van der Waals surface area contributed by atoms with Crippen LogP contribution in [0.15, 0.2) is 17.5 Å². The lowest BCUT2D eigenvalue weighted by molar-refractivity contribution is -0.141. The molecule has 106 valence electrons. The number of carbonyl (C=O) groups is 2. The van der Waals surface area contributed by atoms with Crippen molar-refractivity contribution >= 4 is 35.0 Å². The van der Waals surface area contributed by atoms with Gasteiger partial charge in [0.15, 0.2) is 0 Å². The van der Waals surface area contributed by atoms with E-state index in [1.165, 1.54) is 4.88 Å². The summed E-state index contributed by atoms with van der Waals surface area (Å²) in [6.45, 7) is 0. The van der Waals surface area contributed by atoms with Crippen LogP contribution in [0.25, 0.3) is 0 Å². The van der Waals surface area contributed by atoms with Gasteiger partial charge in [-0.2, -0.15) is 11.8 Å². The smallest absolute Gasteiger partial charge is 0.326 e. The average molecular weight is 301 g/mol. The maximum atomic E-state index is 11.7. The lowest BCUT2D eigenvalue weighted by atomic mass is 10.2. The molecule has 1 rings (SSSR count). The Labute approximate surface area is 121 Å². The van der Waals surface area contributed by atoms with E-state index in [0.29, 0.717) is 12.8 Å². The van der Waals surface area contributed by atoms with Crippen LogP contribution in [0, 0.1) is 0 Å². The highest BCUT2D eigenvalue weighted by Crippen LogP contribution is 2.12. The zero-order chi connectivity index (χ0) is 14.1. The Morgan fingerprint density at radius 3 is 2.89 bits per heavy atom. The molecular formula is C13H19NO3S2. The van der Waals surface area contributed by atoms with Crippen molar-refractivity contribution in [2.45, 2.75) is 31.7 Å². The second-order valence-electron chi connectivity index (χ2n) is 4.17. The first kappa shape index (κ1) is 16.0. The number of carboxylic acid groups (broad SMARTS) is 1. The summed E-state index contributed by atoms with van der Waals surface area (Å²) in [6.07, 6.45) is 4.38. The second kappa shape index (κ2) is 8.98. The van der Waals surface area contributed by atoms with Gasteiger partial charge >= 0.3 is 5.97 Å². The van der Waals surface area contributed by atoms with E-state index < -0.39 is 12.0 Å². The first-order chi connectivity index (χ1) is 9.13. The second-order valence-corrected chi connectivity index (χ2v) is 6.19. The van der Waals surface area contributed by atoms with Crippen LogP contribution in [-0.2, 0) is 16.0 Å². The lowest BCUT2D eigenvalue weighted by Gasteiger charge is -2.13. The SMILES string of the molecule is CSCC[C@H](NC(=O)CCCc1cccs1)C(=O)O. The van der Waals surface area contributed by atoms with Crippen LogP contribution < -0.4 is 5.32 Å². The topological polar surface area (TPSA) is 66.4 Å². The summed E-state index contributed by atoms with van der Waals surface area (Å²) < 4.78 is 0. The van der Waals surface area contributed by atoms with Crippen molar-refractivity contribution in [1.29, 1.82) is 0 Å². The number of hydrogen-bond donors (Lipinski definition) is 2. The number of rotatable bonds is 9. The molecule has 2 N–H and O–H groups in total. The van der Waals surface area contributed by atoms with Crippen LogP contribution in [0.2, 0.25) is 0 Å². The Bertz CT molecular complexity index is 393. The molecular weight excluding hydrogens is 282 g/mol. The van der Waals surface area contributed by atoms with Crippen LogP contribution in [0.3, 0.4) is 0 Å². The molecule has 1 heterocycles. The molecule has 6 heteroatoms. The van der Waals surface area contributed by atoms with Gasteiger partial charge < -0.3 is 10.4 Å². The molecule has 0 saturated heterocycles. The molecule has 1 aromatic heterocycles. The minimum Gasteiger partial charge on any atom is -0.480 e. The maximum Gasteiger partial charge on any atom is 0.326 e. The maximum absolute atomic E-state index is 11.7. The molecule has 0 aliphatic rings. The van der Waals surface area contributed by atoms with Gasteiger partial charge in [-0.1, -0.05) is 6.07 Å². The summed E-state index contributed by atoms with van der Waals surface area (Å²) >= 11 is 3.25. The summed E-state index contributed by atoms with van der Waals surface area (Å²) in [7, 11) is 0. The molecule has 0 radical (unpaired) electrons.